The molecular formula is C15H19N3OS. The molecule has 20 heavy (non-hydrogen) atoms. The largest absolute Gasteiger partial charge is 0.388 e. The predicted octanol–water partition coefficient (Wildman–Crippen LogP) is 2.59. The maximum atomic E-state index is 10.0. The van der Waals surface area contributed by atoms with Crippen molar-refractivity contribution in [3.05, 3.63) is 40.7 Å². The second-order valence-corrected chi connectivity index (χ2v) is 6.22. The molecule has 1 atom stereocenters. The van der Waals surface area contributed by atoms with E-state index in [1.54, 1.807) is 11.3 Å². The molecule has 0 spiro atoms. The van der Waals surface area contributed by atoms with Gasteiger partial charge in [-0.25, -0.2) is 4.98 Å². The molecule has 1 aliphatic rings. The van der Waals surface area contributed by atoms with Crippen LogP contribution in [0.1, 0.15) is 35.2 Å². The highest BCUT2D eigenvalue weighted by atomic mass is 32.1. The van der Waals surface area contributed by atoms with Gasteiger partial charge in [-0.2, -0.15) is 0 Å². The average Bonchev–Trinajstić information content (AvgIpc) is 2.91. The summed E-state index contributed by atoms with van der Waals surface area (Å²) in [6.07, 6.45) is 5.32. The van der Waals surface area contributed by atoms with Gasteiger partial charge in [0.1, 0.15) is 0 Å². The topological polar surface area (TPSA) is 49.2 Å². The zero-order valence-corrected chi connectivity index (χ0v) is 12.4. The minimum Gasteiger partial charge on any atom is -0.388 e. The molecule has 2 aromatic rings. The SMILES string of the molecule is CN(CCc1ccccn1)c1nc2c(s1)C(O)CCC2. The summed E-state index contributed by atoms with van der Waals surface area (Å²) in [5, 5.41) is 11.0. The highest BCUT2D eigenvalue weighted by Gasteiger charge is 2.23. The number of anilines is 1. The molecule has 0 fully saturated rings. The number of aromatic nitrogens is 2. The summed E-state index contributed by atoms with van der Waals surface area (Å²) in [5.41, 5.74) is 2.19. The number of aliphatic hydroxyl groups excluding tert-OH is 1. The third-order valence-electron chi connectivity index (χ3n) is 3.67. The van der Waals surface area contributed by atoms with Crippen molar-refractivity contribution in [1.82, 2.24) is 9.97 Å². The molecule has 1 unspecified atom stereocenters. The monoisotopic (exact) mass is 289 g/mol. The summed E-state index contributed by atoms with van der Waals surface area (Å²) in [6.45, 7) is 0.888. The molecule has 5 heteroatoms. The van der Waals surface area contributed by atoms with Gasteiger partial charge in [-0.1, -0.05) is 17.4 Å². The molecule has 0 saturated carbocycles. The van der Waals surface area contributed by atoms with Crippen molar-refractivity contribution in [2.24, 2.45) is 0 Å². The Morgan fingerprint density at radius 2 is 2.35 bits per heavy atom. The van der Waals surface area contributed by atoms with Crippen LogP contribution < -0.4 is 4.90 Å². The normalized spacial score (nSPS) is 17.8. The lowest BCUT2D eigenvalue weighted by Gasteiger charge is -2.15. The Balaban J connectivity index is 1.67. The predicted molar refractivity (Wildman–Crippen MR) is 81.2 cm³/mol. The molecule has 2 heterocycles. The van der Waals surface area contributed by atoms with Crippen LogP contribution in [0.3, 0.4) is 0 Å². The Labute approximate surface area is 123 Å². The number of fused-ring (bicyclic) bond motifs is 1. The van der Waals surface area contributed by atoms with E-state index in [1.165, 1.54) is 0 Å². The maximum Gasteiger partial charge on any atom is 0.185 e. The van der Waals surface area contributed by atoms with Crippen LogP contribution in [0, 0.1) is 0 Å². The van der Waals surface area contributed by atoms with Gasteiger partial charge in [0, 0.05) is 31.9 Å². The lowest BCUT2D eigenvalue weighted by Crippen LogP contribution is -2.20. The molecule has 0 aromatic carbocycles. The number of thiazole rings is 1. The van der Waals surface area contributed by atoms with E-state index >= 15 is 0 Å². The number of hydrogen-bond acceptors (Lipinski definition) is 5. The van der Waals surface area contributed by atoms with Crippen LogP contribution in [-0.2, 0) is 12.8 Å². The summed E-state index contributed by atoms with van der Waals surface area (Å²) >= 11 is 1.63. The second kappa shape index (κ2) is 5.89. The molecule has 0 aliphatic heterocycles. The number of rotatable bonds is 4. The lowest BCUT2D eigenvalue weighted by molar-refractivity contribution is 0.160. The smallest absolute Gasteiger partial charge is 0.185 e. The number of aliphatic hydroxyl groups is 1. The molecule has 0 bridgehead atoms. The minimum absolute atomic E-state index is 0.311. The van der Waals surface area contributed by atoms with Crippen LogP contribution >= 0.6 is 11.3 Å². The summed E-state index contributed by atoms with van der Waals surface area (Å²) < 4.78 is 0. The van der Waals surface area contributed by atoms with E-state index in [0.717, 1.165) is 53.6 Å². The zero-order valence-electron chi connectivity index (χ0n) is 11.6. The van der Waals surface area contributed by atoms with Gasteiger partial charge in [-0.15, -0.1) is 0 Å². The summed E-state index contributed by atoms with van der Waals surface area (Å²) in [7, 11) is 2.06. The zero-order chi connectivity index (χ0) is 13.9. The van der Waals surface area contributed by atoms with Crippen LogP contribution in [0.2, 0.25) is 0 Å². The van der Waals surface area contributed by atoms with Crippen LogP contribution in [0.15, 0.2) is 24.4 Å². The highest BCUT2D eigenvalue weighted by Crippen LogP contribution is 2.37. The fourth-order valence-corrected chi connectivity index (χ4v) is 3.59. The minimum atomic E-state index is -0.311. The number of hydrogen-bond donors (Lipinski definition) is 1. The van der Waals surface area contributed by atoms with Crippen molar-refractivity contribution in [1.29, 1.82) is 0 Å². The average molecular weight is 289 g/mol. The van der Waals surface area contributed by atoms with Gasteiger partial charge in [0.05, 0.1) is 16.7 Å². The van der Waals surface area contributed by atoms with E-state index in [1.807, 2.05) is 24.4 Å². The first-order valence-electron chi connectivity index (χ1n) is 7.03. The number of nitrogens with zero attached hydrogens (tertiary/aromatic N) is 3. The summed E-state index contributed by atoms with van der Waals surface area (Å²) in [6, 6.07) is 5.99. The van der Waals surface area contributed by atoms with Crippen molar-refractivity contribution < 1.29 is 5.11 Å². The second-order valence-electron chi connectivity index (χ2n) is 5.21. The van der Waals surface area contributed by atoms with E-state index < -0.39 is 0 Å². The number of likely N-dealkylation sites (N-methyl/N-ethyl adjacent to an activating group) is 1. The van der Waals surface area contributed by atoms with Gasteiger partial charge < -0.3 is 10.0 Å². The fourth-order valence-electron chi connectivity index (χ4n) is 2.47. The van der Waals surface area contributed by atoms with E-state index in [9.17, 15) is 5.11 Å². The third kappa shape index (κ3) is 2.83. The lowest BCUT2D eigenvalue weighted by atomic mass is 10.0. The third-order valence-corrected chi connectivity index (χ3v) is 4.98. The first-order chi connectivity index (χ1) is 9.74. The fraction of sp³-hybridized carbons (Fsp3) is 0.467. The Bertz CT molecular complexity index is 570. The van der Waals surface area contributed by atoms with Crippen molar-refractivity contribution in [2.75, 3.05) is 18.5 Å². The van der Waals surface area contributed by atoms with E-state index in [2.05, 4.69) is 21.9 Å². The molecule has 1 aliphatic carbocycles. The van der Waals surface area contributed by atoms with Crippen molar-refractivity contribution in [2.45, 2.75) is 31.8 Å². The first kappa shape index (κ1) is 13.5. The van der Waals surface area contributed by atoms with Crippen LogP contribution in [0.4, 0.5) is 5.13 Å². The maximum absolute atomic E-state index is 10.0. The van der Waals surface area contributed by atoms with Gasteiger partial charge in [-0.05, 0) is 31.4 Å². The number of aryl methyl sites for hydroxylation is 1. The molecule has 3 rings (SSSR count). The molecular weight excluding hydrogens is 270 g/mol. The molecule has 2 aromatic heterocycles. The summed E-state index contributed by atoms with van der Waals surface area (Å²) in [4.78, 5) is 12.2. The van der Waals surface area contributed by atoms with Gasteiger partial charge in [0.2, 0.25) is 0 Å². The summed E-state index contributed by atoms with van der Waals surface area (Å²) in [5.74, 6) is 0. The van der Waals surface area contributed by atoms with Crippen LogP contribution in [0.25, 0.3) is 0 Å². The first-order valence-corrected chi connectivity index (χ1v) is 7.84. The standard InChI is InChI=1S/C15H19N3OS/c1-18(10-8-11-5-2-3-9-16-11)15-17-12-6-4-7-13(19)14(12)20-15/h2-3,5,9,13,19H,4,6-8,10H2,1H3. The van der Waals surface area contributed by atoms with Crippen molar-refractivity contribution >= 4 is 16.5 Å². The molecule has 4 nitrogen and oxygen atoms in total. The van der Waals surface area contributed by atoms with E-state index in [-0.39, 0.29) is 6.10 Å². The molecule has 0 saturated heterocycles. The molecule has 0 amide bonds. The Kier molecular flexibility index (Phi) is 3.98. The Hall–Kier alpha value is -1.46. The van der Waals surface area contributed by atoms with Crippen molar-refractivity contribution in [3.63, 3.8) is 0 Å². The van der Waals surface area contributed by atoms with E-state index in [0.29, 0.717) is 0 Å². The Morgan fingerprint density at radius 1 is 1.45 bits per heavy atom. The van der Waals surface area contributed by atoms with E-state index in [4.69, 9.17) is 0 Å². The van der Waals surface area contributed by atoms with Gasteiger partial charge in [0.15, 0.2) is 5.13 Å². The molecule has 106 valence electrons. The van der Waals surface area contributed by atoms with Gasteiger partial charge >= 0.3 is 0 Å². The van der Waals surface area contributed by atoms with Crippen LogP contribution in [-0.4, -0.2) is 28.7 Å². The molecule has 1 N–H and O–H groups in total. The number of pyridine rings is 1. The van der Waals surface area contributed by atoms with Crippen LogP contribution in [0.5, 0.6) is 0 Å². The Morgan fingerprint density at radius 3 is 3.10 bits per heavy atom. The molecule has 0 radical (unpaired) electrons. The quantitative estimate of drug-likeness (QED) is 0.940. The van der Waals surface area contributed by atoms with Gasteiger partial charge in [0.25, 0.3) is 0 Å². The highest BCUT2D eigenvalue weighted by molar-refractivity contribution is 7.15. The van der Waals surface area contributed by atoms with Gasteiger partial charge in [-0.3, -0.25) is 4.98 Å². The van der Waals surface area contributed by atoms with Crippen molar-refractivity contribution in [3.8, 4) is 0 Å².